The van der Waals surface area contributed by atoms with E-state index in [-0.39, 0.29) is 29.5 Å². The molecular weight excluding hydrogens is 304 g/mol. The Morgan fingerprint density at radius 2 is 1.54 bits per heavy atom. The summed E-state index contributed by atoms with van der Waals surface area (Å²) in [5, 5.41) is 0. The lowest BCUT2D eigenvalue weighted by Gasteiger charge is -2.46. The van der Waals surface area contributed by atoms with Crippen LogP contribution in [0.15, 0.2) is 0 Å². The second-order valence-corrected chi connectivity index (χ2v) is 8.78. The Kier molecular flexibility index (Phi) is 8.47. The Morgan fingerprint density at radius 3 is 1.96 bits per heavy atom. The SMILES string of the molecule is CCCC(C)(C)CC(C)(C(=O)OCC(=O)OC(C)C)C(C)(C)CC. The number of hydrogen-bond donors (Lipinski definition) is 0. The van der Waals surface area contributed by atoms with Gasteiger partial charge >= 0.3 is 11.9 Å². The minimum absolute atomic E-state index is 0.0351. The third-order valence-electron chi connectivity index (χ3n) is 5.28. The van der Waals surface area contributed by atoms with Crippen LogP contribution >= 0.6 is 0 Å². The maximum atomic E-state index is 12.9. The normalized spacial score (nSPS) is 15.1. The fraction of sp³-hybridized carbons (Fsp3) is 0.900. The van der Waals surface area contributed by atoms with Gasteiger partial charge in [-0.15, -0.1) is 0 Å². The van der Waals surface area contributed by atoms with Crippen LogP contribution in [0.2, 0.25) is 0 Å². The van der Waals surface area contributed by atoms with Gasteiger partial charge in [-0.25, -0.2) is 4.79 Å². The molecule has 4 nitrogen and oxygen atoms in total. The molecule has 0 aromatic carbocycles. The summed E-state index contributed by atoms with van der Waals surface area (Å²) in [5.74, 6) is -0.804. The van der Waals surface area contributed by atoms with E-state index in [4.69, 9.17) is 9.47 Å². The second kappa shape index (κ2) is 8.87. The van der Waals surface area contributed by atoms with Gasteiger partial charge in [-0.1, -0.05) is 48.0 Å². The molecule has 1 atom stereocenters. The highest BCUT2D eigenvalue weighted by atomic mass is 16.6. The van der Waals surface area contributed by atoms with E-state index in [2.05, 4.69) is 41.5 Å². The first-order valence-corrected chi connectivity index (χ1v) is 9.18. The summed E-state index contributed by atoms with van der Waals surface area (Å²) in [6.07, 6.45) is 3.50. The van der Waals surface area contributed by atoms with E-state index in [0.29, 0.717) is 0 Å². The molecule has 0 bridgehead atoms. The van der Waals surface area contributed by atoms with Crippen molar-refractivity contribution < 1.29 is 19.1 Å². The van der Waals surface area contributed by atoms with Gasteiger partial charge in [0.25, 0.3) is 0 Å². The monoisotopic (exact) mass is 342 g/mol. The second-order valence-electron chi connectivity index (χ2n) is 8.78. The molecule has 0 saturated carbocycles. The zero-order chi connectivity index (χ0) is 19.2. The van der Waals surface area contributed by atoms with Crippen LogP contribution in [0, 0.1) is 16.2 Å². The molecule has 0 N–H and O–H groups in total. The van der Waals surface area contributed by atoms with Crippen LogP contribution < -0.4 is 0 Å². The number of carbonyl (C=O) groups is 2. The zero-order valence-corrected chi connectivity index (χ0v) is 17.2. The van der Waals surface area contributed by atoms with Gasteiger partial charge in [-0.05, 0) is 50.9 Å². The average Bonchev–Trinajstić information content (AvgIpc) is 2.42. The van der Waals surface area contributed by atoms with Crippen molar-refractivity contribution in [1.29, 1.82) is 0 Å². The molecule has 0 aromatic rings. The van der Waals surface area contributed by atoms with Gasteiger partial charge in [-0.2, -0.15) is 0 Å². The zero-order valence-electron chi connectivity index (χ0n) is 17.2. The van der Waals surface area contributed by atoms with Gasteiger partial charge in [0.05, 0.1) is 11.5 Å². The summed E-state index contributed by atoms with van der Waals surface area (Å²) >= 11 is 0. The highest BCUT2D eigenvalue weighted by Crippen LogP contribution is 2.50. The van der Waals surface area contributed by atoms with Crippen LogP contribution in [-0.2, 0) is 19.1 Å². The van der Waals surface area contributed by atoms with Gasteiger partial charge in [-0.3, -0.25) is 4.79 Å². The molecule has 0 spiro atoms. The Hall–Kier alpha value is -1.06. The summed E-state index contributed by atoms with van der Waals surface area (Å²) in [6.45, 7) is 18.0. The van der Waals surface area contributed by atoms with E-state index in [1.807, 2.05) is 6.92 Å². The average molecular weight is 343 g/mol. The number of ether oxygens (including phenoxy) is 2. The summed E-state index contributed by atoms with van der Waals surface area (Å²) in [4.78, 5) is 24.6. The van der Waals surface area contributed by atoms with Crippen LogP contribution in [0.3, 0.4) is 0 Å². The lowest BCUT2D eigenvalue weighted by molar-refractivity contribution is -0.174. The van der Waals surface area contributed by atoms with Crippen LogP contribution in [0.5, 0.6) is 0 Å². The first-order chi connectivity index (χ1) is 10.8. The highest BCUT2D eigenvalue weighted by molar-refractivity contribution is 5.81. The van der Waals surface area contributed by atoms with Crippen molar-refractivity contribution in [2.45, 2.75) is 94.1 Å². The maximum Gasteiger partial charge on any atom is 0.344 e. The smallest absolute Gasteiger partial charge is 0.344 e. The summed E-state index contributed by atoms with van der Waals surface area (Å²) in [7, 11) is 0. The summed E-state index contributed by atoms with van der Waals surface area (Å²) in [5.41, 5.74) is -0.844. The van der Waals surface area contributed by atoms with Gasteiger partial charge in [0, 0.05) is 0 Å². The third kappa shape index (κ3) is 6.45. The molecule has 0 aliphatic carbocycles. The molecule has 24 heavy (non-hydrogen) atoms. The molecule has 0 fully saturated rings. The minimum atomic E-state index is -0.654. The van der Waals surface area contributed by atoms with Crippen molar-refractivity contribution in [2.24, 2.45) is 16.2 Å². The Balaban J connectivity index is 5.27. The van der Waals surface area contributed by atoms with Gasteiger partial charge in [0.2, 0.25) is 0 Å². The molecule has 0 saturated heterocycles. The lowest BCUT2D eigenvalue weighted by atomic mass is 9.58. The van der Waals surface area contributed by atoms with E-state index in [1.165, 1.54) is 0 Å². The van der Waals surface area contributed by atoms with Crippen molar-refractivity contribution in [2.75, 3.05) is 6.61 Å². The number of rotatable bonds is 10. The Labute approximate surface area is 148 Å². The Bertz CT molecular complexity index is 423. The molecule has 0 radical (unpaired) electrons. The maximum absolute atomic E-state index is 12.9. The quantitative estimate of drug-likeness (QED) is 0.516. The molecular formula is C20H38O4. The summed E-state index contributed by atoms with van der Waals surface area (Å²) in [6, 6.07) is 0. The molecule has 0 aliphatic heterocycles. The van der Waals surface area contributed by atoms with Gasteiger partial charge in [0.1, 0.15) is 0 Å². The number of hydrogen-bond acceptors (Lipinski definition) is 4. The van der Waals surface area contributed by atoms with Crippen LogP contribution in [0.4, 0.5) is 0 Å². The van der Waals surface area contributed by atoms with Crippen molar-refractivity contribution in [1.82, 2.24) is 0 Å². The van der Waals surface area contributed by atoms with Crippen molar-refractivity contribution in [3.8, 4) is 0 Å². The predicted molar refractivity (Wildman–Crippen MR) is 97.7 cm³/mol. The van der Waals surface area contributed by atoms with E-state index in [0.717, 1.165) is 25.7 Å². The molecule has 0 heterocycles. The molecule has 4 heteroatoms. The first-order valence-electron chi connectivity index (χ1n) is 9.18. The van der Waals surface area contributed by atoms with Gasteiger partial charge < -0.3 is 9.47 Å². The van der Waals surface area contributed by atoms with Gasteiger partial charge in [0.15, 0.2) is 6.61 Å². The van der Waals surface area contributed by atoms with Crippen molar-refractivity contribution >= 4 is 11.9 Å². The van der Waals surface area contributed by atoms with E-state index < -0.39 is 11.4 Å². The van der Waals surface area contributed by atoms with E-state index in [1.54, 1.807) is 13.8 Å². The third-order valence-corrected chi connectivity index (χ3v) is 5.28. The fourth-order valence-corrected chi connectivity index (χ4v) is 3.28. The fourth-order valence-electron chi connectivity index (χ4n) is 3.28. The largest absolute Gasteiger partial charge is 0.460 e. The van der Waals surface area contributed by atoms with Crippen molar-refractivity contribution in [3.63, 3.8) is 0 Å². The standard InChI is InChI=1S/C20H38O4/c1-10-12-18(5,6)14-20(9,19(7,8)11-2)17(22)23-13-16(21)24-15(3)4/h15H,10-14H2,1-9H3. The van der Waals surface area contributed by atoms with Crippen molar-refractivity contribution in [3.05, 3.63) is 0 Å². The Morgan fingerprint density at radius 1 is 1.00 bits per heavy atom. The first kappa shape index (κ1) is 22.9. The van der Waals surface area contributed by atoms with Crippen LogP contribution in [-0.4, -0.2) is 24.6 Å². The molecule has 1 unspecified atom stereocenters. The van der Waals surface area contributed by atoms with E-state index >= 15 is 0 Å². The predicted octanol–water partition coefficient (Wildman–Crippen LogP) is 5.14. The molecule has 142 valence electrons. The summed E-state index contributed by atoms with van der Waals surface area (Å²) < 4.78 is 10.4. The van der Waals surface area contributed by atoms with Crippen LogP contribution in [0.25, 0.3) is 0 Å². The minimum Gasteiger partial charge on any atom is -0.460 e. The topological polar surface area (TPSA) is 52.6 Å². The number of esters is 2. The lowest BCUT2D eigenvalue weighted by Crippen LogP contribution is -2.46. The van der Waals surface area contributed by atoms with Crippen LogP contribution in [0.1, 0.15) is 88.0 Å². The molecule has 0 aliphatic rings. The molecule has 0 aromatic heterocycles. The number of carbonyl (C=O) groups excluding carboxylic acids is 2. The molecule has 0 rings (SSSR count). The highest BCUT2D eigenvalue weighted by Gasteiger charge is 2.50. The van der Waals surface area contributed by atoms with E-state index in [9.17, 15) is 9.59 Å². The molecule has 0 amide bonds.